The molecular weight excluding hydrogens is 388 g/mol. The largest absolute Gasteiger partial charge is 0.441 e. The van der Waals surface area contributed by atoms with Gasteiger partial charge < -0.3 is 9.73 Å². The predicted octanol–water partition coefficient (Wildman–Crippen LogP) is 4.13. The van der Waals surface area contributed by atoms with Crippen LogP contribution in [0.25, 0.3) is 11.5 Å². The van der Waals surface area contributed by atoms with Crippen molar-refractivity contribution in [1.29, 1.82) is 0 Å². The highest BCUT2D eigenvalue weighted by Crippen LogP contribution is 2.24. The van der Waals surface area contributed by atoms with Gasteiger partial charge in [0.05, 0.1) is 11.4 Å². The summed E-state index contributed by atoms with van der Waals surface area (Å²) in [5, 5.41) is 2.71. The van der Waals surface area contributed by atoms with Crippen molar-refractivity contribution in [1.82, 2.24) is 4.98 Å². The third kappa shape index (κ3) is 5.12. The fourth-order valence-corrected chi connectivity index (χ4v) is 4.29. The first kappa shape index (κ1) is 20.8. The Morgan fingerprint density at radius 2 is 1.62 bits per heavy atom. The number of para-hydroxylation sites is 1. The molecule has 0 unspecified atom stereocenters. The summed E-state index contributed by atoms with van der Waals surface area (Å²) in [7, 11) is -3.71. The Morgan fingerprint density at radius 1 is 1.00 bits per heavy atom. The van der Waals surface area contributed by atoms with Gasteiger partial charge in [-0.1, -0.05) is 35.9 Å². The lowest BCUT2D eigenvalue weighted by molar-refractivity contribution is -0.113. The van der Waals surface area contributed by atoms with Crippen LogP contribution < -0.4 is 5.32 Å². The third-order valence-corrected chi connectivity index (χ3v) is 6.06. The van der Waals surface area contributed by atoms with Gasteiger partial charge >= 0.3 is 0 Å². The van der Waals surface area contributed by atoms with E-state index in [2.05, 4.69) is 10.3 Å². The second kappa shape index (κ2) is 8.21. The monoisotopic (exact) mass is 412 g/mol. The summed E-state index contributed by atoms with van der Waals surface area (Å²) >= 11 is 0. The molecule has 2 aromatic carbocycles. The molecule has 0 fully saturated rings. The van der Waals surface area contributed by atoms with Crippen LogP contribution in [0.2, 0.25) is 0 Å². The minimum Gasteiger partial charge on any atom is -0.441 e. The van der Waals surface area contributed by atoms with Gasteiger partial charge in [-0.05, 0) is 51.0 Å². The van der Waals surface area contributed by atoms with E-state index in [0.717, 1.165) is 22.3 Å². The number of nitrogens with zero attached hydrogens (tertiary/aromatic N) is 1. The first-order valence-corrected chi connectivity index (χ1v) is 11.1. The summed E-state index contributed by atoms with van der Waals surface area (Å²) in [5.41, 5.74) is 4.61. The molecule has 0 bridgehead atoms. The van der Waals surface area contributed by atoms with Crippen molar-refractivity contribution in [3.8, 4) is 11.5 Å². The molecule has 3 rings (SSSR count). The number of anilines is 1. The second-order valence-corrected chi connectivity index (χ2v) is 9.30. The van der Waals surface area contributed by atoms with Gasteiger partial charge in [0.2, 0.25) is 11.8 Å². The molecule has 29 heavy (non-hydrogen) atoms. The molecule has 0 saturated carbocycles. The SMILES string of the molecule is Cc1ccc(-c2nc(CS(=O)(=O)CC(=O)Nc3c(C)cccc3C)c(C)o2)cc1. The van der Waals surface area contributed by atoms with Gasteiger partial charge in [0.1, 0.15) is 11.5 Å². The van der Waals surface area contributed by atoms with Crippen LogP contribution in [0.1, 0.15) is 28.1 Å². The van der Waals surface area contributed by atoms with Gasteiger partial charge in [0.25, 0.3) is 0 Å². The lowest BCUT2D eigenvalue weighted by Gasteiger charge is -2.11. The molecule has 0 aliphatic heterocycles. The molecule has 1 amide bonds. The van der Waals surface area contributed by atoms with Crippen molar-refractivity contribution in [3.05, 3.63) is 70.6 Å². The molecule has 1 heterocycles. The van der Waals surface area contributed by atoms with Crippen LogP contribution in [0.15, 0.2) is 46.9 Å². The third-order valence-electron chi connectivity index (χ3n) is 4.64. The Morgan fingerprint density at radius 3 is 2.24 bits per heavy atom. The zero-order valence-electron chi connectivity index (χ0n) is 16.9. The Bertz CT molecular complexity index is 1130. The number of hydrogen-bond donors (Lipinski definition) is 1. The van der Waals surface area contributed by atoms with Gasteiger partial charge in [-0.2, -0.15) is 0 Å². The van der Waals surface area contributed by atoms with E-state index >= 15 is 0 Å². The maximum atomic E-state index is 12.6. The molecule has 0 spiro atoms. The van der Waals surface area contributed by atoms with Crippen LogP contribution in [-0.2, 0) is 20.4 Å². The number of rotatable bonds is 6. The number of benzene rings is 2. The summed E-state index contributed by atoms with van der Waals surface area (Å²) in [6, 6.07) is 13.2. The number of aryl methyl sites for hydroxylation is 4. The number of carbonyl (C=O) groups excluding carboxylic acids is 1. The number of nitrogens with one attached hydrogen (secondary N) is 1. The number of carbonyl (C=O) groups is 1. The van der Waals surface area contributed by atoms with Gasteiger partial charge in [0.15, 0.2) is 9.84 Å². The standard InChI is InChI=1S/C22H24N2O4S/c1-14-8-10-18(11-9-14)22-23-19(17(4)28-22)12-29(26,27)13-20(25)24-21-15(2)6-5-7-16(21)3/h5-11H,12-13H2,1-4H3,(H,24,25). The molecule has 152 valence electrons. The molecule has 0 aliphatic rings. The highest BCUT2D eigenvalue weighted by Gasteiger charge is 2.22. The Balaban J connectivity index is 1.72. The predicted molar refractivity (Wildman–Crippen MR) is 113 cm³/mol. The molecular formula is C22H24N2O4S. The minimum atomic E-state index is -3.71. The van der Waals surface area contributed by atoms with E-state index in [9.17, 15) is 13.2 Å². The van der Waals surface area contributed by atoms with Crippen LogP contribution in [-0.4, -0.2) is 25.1 Å². The van der Waals surface area contributed by atoms with Crippen molar-refractivity contribution in [3.63, 3.8) is 0 Å². The lowest BCUT2D eigenvalue weighted by Crippen LogP contribution is -2.25. The average Bonchev–Trinajstić information content (AvgIpc) is 2.98. The summed E-state index contributed by atoms with van der Waals surface area (Å²) in [6.45, 7) is 7.38. The van der Waals surface area contributed by atoms with Crippen molar-refractivity contribution in [2.24, 2.45) is 0 Å². The van der Waals surface area contributed by atoms with Crippen molar-refractivity contribution in [2.45, 2.75) is 33.4 Å². The minimum absolute atomic E-state index is 0.320. The van der Waals surface area contributed by atoms with Crippen LogP contribution >= 0.6 is 0 Å². The van der Waals surface area contributed by atoms with Crippen LogP contribution in [0.4, 0.5) is 5.69 Å². The van der Waals surface area contributed by atoms with E-state index in [1.807, 2.05) is 63.2 Å². The summed E-state index contributed by atoms with van der Waals surface area (Å²) < 4.78 is 30.8. The fraction of sp³-hybridized carbons (Fsp3) is 0.273. The molecule has 7 heteroatoms. The molecule has 0 atom stereocenters. The quantitative estimate of drug-likeness (QED) is 0.658. The van der Waals surface area contributed by atoms with E-state index in [-0.39, 0.29) is 5.75 Å². The van der Waals surface area contributed by atoms with Gasteiger partial charge in [-0.3, -0.25) is 4.79 Å². The van der Waals surface area contributed by atoms with E-state index < -0.39 is 21.5 Å². The van der Waals surface area contributed by atoms with Gasteiger partial charge in [-0.25, -0.2) is 13.4 Å². The Hall–Kier alpha value is -2.93. The maximum absolute atomic E-state index is 12.6. The normalized spacial score (nSPS) is 11.4. The highest BCUT2D eigenvalue weighted by molar-refractivity contribution is 7.91. The molecule has 1 N–H and O–H groups in total. The molecule has 0 radical (unpaired) electrons. The number of amides is 1. The molecule has 1 aromatic heterocycles. The molecule has 0 saturated heterocycles. The zero-order valence-corrected chi connectivity index (χ0v) is 17.8. The van der Waals surface area contributed by atoms with E-state index in [1.54, 1.807) is 6.92 Å². The summed E-state index contributed by atoms with van der Waals surface area (Å²) in [4.78, 5) is 16.7. The molecule has 6 nitrogen and oxygen atoms in total. The first-order chi connectivity index (χ1) is 13.6. The number of hydrogen-bond acceptors (Lipinski definition) is 5. The van der Waals surface area contributed by atoms with Gasteiger partial charge in [-0.15, -0.1) is 0 Å². The lowest BCUT2D eigenvalue weighted by atomic mass is 10.1. The number of oxazole rings is 1. The molecule has 3 aromatic rings. The van der Waals surface area contributed by atoms with E-state index in [4.69, 9.17) is 4.42 Å². The van der Waals surface area contributed by atoms with Crippen LogP contribution in [0.3, 0.4) is 0 Å². The maximum Gasteiger partial charge on any atom is 0.239 e. The Kier molecular flexibility index (Phi) is 5.88. The van der Waals surface area contributed by atoms with Crippen molar-refractivity contribution < 1.29 is 17.6 Å². The fourth-order valence-electron chi connectivity index (χ4n) is 3.03. The van der Waals surface area contributed by atoms with Crippen LogP contribution in [0.5, 0.6) is 0 Å². The van der Waals surface area contributed by atoms with E-state index in [1.165, 1.54) is 0 Å². The van der Waals surface area contributed by atoms with Crippen molar-refractivity contribution >= 4 is 21.4 Å². The van der Waals surface area contributed by atoms with Gasteiger partial charge in [0, 0.05) is 11.3 Å². The van der Waals surface area contributed by atoms with E-state index in [0.29, 0.717) is 23.0 Å². The highest BCUT2D eigenvalue weighted by atomic mass is 32.2. The average molecular weight is 413 g/mol. The van der Waals surface area contributed by atoms with Crippen LogP contribution in [0, 0.1) is 27.7 Å². The first-order valence-electron chi connectivity index (χ1n) is 9.24. The molecule has 0 aliphatic carbocycles. The summed E-state index contributed by atoms with van der Waals surface area (Å²) in [6.07, 6.45) is 0. The van der Waals surface area contributed by atoms with Crippen molar-refractivity contribution in [2.75, 3.05) is 11.1 Å². The number of sulfone groups is 1. The Labute approximate surface area is 170 Å². The smallest absolute Gasteiger partial charge is 0.239 e. The second-order valence-electron chi connectivity index (χ2n) is 7.24. The topological polar surface area (TPSA) is 89.3 Å². The summed E-state index contributed by atoms with van der Waals surface area (Å²) in [5.74, 6) is -0.740. The zero-order chi connectivity index (χ0) is 21.2. The number of aromatic nitrogens is 1.